The van der Waals surface area contributed by atoms with Crippen molar-refractivity contribution in [3.63, 3.8) is 0 Å². The lowest BCUT2D eigenvalue weighted by Crippen LogP contribution is -2.12. The van der Waals surface area contributed by atoms with Crippen LogP contribution in [0.25, 0.3) is 0 Å². The summed E-state index contributed by atoms with van der Waals surface area (Å²) in [5.41, 5.74) is 0. The zero-order chi connectivity index (χ0) is 14.1. The van der Waals surface area contributed by atoms with Gasteiger partial charge in [-0.15, -0.1) is 0 Å². The van der Waals surface area contributed by atoms with Crippen LogP contribution in [0.4, 0.5) is 19.1 Å². The standard InChI is InChI=1S/C12H20F3N3O/c1-2-19-10-4-6-16-11-17-7-9-18(11)8-3-5-12(13,14)15/h7,9H,2-6,8,10H2,1H3,(H,16,17). The third kappa shape index (κ3) is 7.05. The van der Waals surface area contributed by atoms with Gasteiger partial charge in [-0.3, -0.25) is 0 Å². The minimum atomic E-state index is -4.09. The van der Waals surface area contributed by atoms with E-state index >= 15 is 0 Å². The maximum absolute atomic E-state index is 12.1. The van der Waals surface area contributed by atoms with E-state index in [1.54, 1.807) is 17.0 Å². The zero-order valence-corrected chi connectivity index (χ0v) is 11.0. The zero-order valence-electron chi connectivity index (χ0n) is 11.0. The third-order valence-electron chi connectivity index (χ3n) is 2.53. The largest absolute Gasteiger partial charge is 0.389 e. The number of aryl methyl sites for hydroxylation is 1. The fourth-order valence-electron chi connectivity index (χ4n) is 1.63. The summed E-state index contributed by atoms with van der Waals surface area (Å²) in [6.07, 6.45) is -0.697. The van der Waals surface area contributed by atoms with E-state index in [9.17, 15) is 13.2 Å². The van der Waals surface area contributed by atoms with Gasteiger partial charge in [0.15, 0.2) is 0 Å². The summed E-state index contributed by atoms with van der Waals surface area (Å²) in [6, 6.07) is 0. The molecule has 1 N–H and O–H groups in total. The molecular formula is C12H20F3N3O. The van der Waals surface area contributed by atoms with Gasteiger partial charge < -0.3 is 14.6 Å². The molecule has 0 aliphatic carbocycles. The molecule has 0 radical (unpaired) electrons. The van der Waals surface area contributed by atoms with Crippen molar-refractivity contribution >= 4 is 5.95 Å². The van der Waals surface area contributed by atoms with Gasteiger partial charge in [0.1, 0.15) is 0 Å². The highest BCUT2D eigenvalue weighted by Crippen LogP contribution is 2.22. The molecule has 0 aliphatic heterocycles. The van der Waals surface area contributed by atoms with Gasteiger partial charge in [-0.1, -0.05) is 0 Å². The molecule has 0 atom stereocenters. The van der Waals surface area contributed by atoms with E-state index in [0.717, 1.165) is 6.42 Å². The average molecular weight is 279 g/mol. The molecule has 0 aromatic carbocycles. The van der Waals surface area contributed by atoms with Crippen LogP contribution in [0.1, 0.15) is 26.2 Å². The number of hydrogen-bond acceptors (Lipinski definition) is 3. The second-order valence-corrected chi connectivity index (χ2v) is 4.14. The van der Waals surface area contributed by atoms with Crippen molar-refractivity contribution in [3.8, 4) is 0 Å². The molecule has 0 amide bonds. The minimum Gasteiger partial charge on any atom is -0.382 e. The van der Waals surface area contributed by atoms with Crippen LogP contribution in [-0.4, -0.2) is 35.5 Å². The Bertz CT molecular complexity index is 352. The van der Waals surface area contributed by atoms with Crippen LogP contribution in [0, 0.1) is 0 Å². The Morgan fingerprint density at radius 2 is 2.16 bits per heavy atom. The number of rotatable bonds is 9. The Labute approximate surface area is 111 Å². The van der Waals surface area contributed by atoms with Crippen molar-refractivity contribution in [2.75, 3.05) is 25.1 Å². The van der Waals surface area contributed by atoms with Crippen molar-refractivity contribution in [1.29, 1.82) is 0 Å². The van der Waals surface area contributed by atoms with Gasteiger partial charge >= 0.3 is 6.18 Å². The first-order valence-corrected chi connectivity index (χ1v) is 6.42. The maximum atomic E-state index is 12.1. The summed E-state index contributed by atoms with van der Waals surface area (Å²) in [5, 5.41) is 3.09. The van der Waals surface area contributed by atoms with Crippen LogP contribution >= 0.6 is 0 Å². The molecule has 0 unspecified atom stereocenters. The van der Waals surface area contributed by atoms with E-state index in [1.807, 2.05) is 6.92 Å². The van der Waals surface area contributed by atoms with E-state index < -0.39 is 12.6 Å². The molecule has 1 heterocycles. The molecule has 0 bridgehead atoms. The molecule has 0 saturated heterocycles. The van der Waals surface area contributed by atoms with Crippen LogP contribution in [0.3, 0.4) is 0 Å². The number of nitrogens with one attached hydrogen (secondary N) is 1. The Morgan fingerprint density at radius 1 is 1.37 bits per heavy atom. The van der Waals surface area contributed by atoms with Crippen LogP contribution < -0.4 is 5.32 Å². The predicted molar refractivity (Wildman–Crippen MR) is 67.1 cm³/mol. The number of alkyl halides is 3. The number of anilines is 1. The number of nitrogens with zero attached hydrogens (tertiary/aromatic N) is 2. The van der Waals surface area contributed by atoms with E-state index in [2.05, 4.69) is 10.3 Å². The summed E-state index contributed by atoms with van der Waals surface area (Å²) in [4.78, 5) is 4.08. The highest BCUT2D eigenvalue weighted by atomic mass is 19.4. The summed E-state index contributed by atoms with van der Waals surface area (Å²) >= 11 is 0. The Kier molecular flexibility index (Phi) is 6.69. The molecule has 110 valence electrons. The van der Waals surface area contributed by atoms with Gasteiger partial charge in [0.25, 0.3) is 0 Å². The maximum Gasteiger partial charge on any atom is 0.389 e. The SMILES string of the molecule is CCOCCCNc1nccn1CCCC(F)(F)F. The van der Waals surface area contributed by atoms with Crippen LogP contribution in [0.5, 0.6) is 0 Å². The van der Waals surface area contributed by atoms with E-state index in [4.69, 9.17) is 4.74 Å². The highest BCUT2D eigenvalue weighted by Gasteiger charge is 2.26. The number of aromatic nitrogens is 2. The summed E-state index contributed by atoms with van der Waals surface area (Å²) < 4.78 is 43.0. The number of ether oxygens (including phenoxy) is 1. The Balaban J connectivity index is 2.26. The lowest BCUT2D eigenvalue weighted by Gasteiger charge is -2.10. The van der Waals surface area contributed by atoms with Crippen LogP contribution in [-0.2, 0) is 11.3 Å². The first-order valence-electron chi connectivity index (χ1n) is 6.42. The van der Waals surface area contributed by atoms with Gasteiger partial charge in [0.2, 0.25) is 5.95 Å². The fourth-order valence-corrected chi connectivity index (χ4v) is 1.63. The second-order valence-electron chi connectivity index (χ2n) is 4.14. The van der Waals surface area contributed by atoms with E-state index in [1.165, 1.54) is 0 Å². The van der Waals surface area contributed by atoms with Crippen molar-refractivity contribution in [1.82, 2.24) is 9.55 Å². The summed E-state index contributed by atoms with van der Waals surface area (Å²) in [6.45, 7) is 4.29. The van der Waals surface area contributed by atoms with Crippen molar-refractivity contribution in [2.45, 2.75) is 38.9 Å². The fraction of sp³-hybridized carbons (Fsp3) is 0.750. The molecular weight excluding hydrogens is 259 g/mol. The van der Waals surface area contributed by atoms with Gasteiger partial charge in [-0.25, -0.2) is 4.98 Å². The topological polar surface area (TPSA) is 39.1 Å². The van der Waals surface area contributed by atoms with E-state index in [0.29, 0.717) is 32.3 Å². The van der Waals surface area contributed by atoms with Crippen LogP contribution in [0.2, 0.25) is 0 Å². The molecule has 19 heavy (non-hydrogen) atoms. The molecule has 4 nitrogen and oxygen atoms in total. The first kappa shape index (κ1) is 15.8. The molecule has 0 fully saturated rings. The van der Waals surface area contributed by atoms with E-state index in [-0.39, 0.29) is 6.42 Å². The van der Waals surface area contributed by atoms with Gasteiger partial charge in [0, 0.05) is 45.1 Å². The van der Waals surface area contributed by atoms with Crippen molar-refractivity contribution < 1.29 is 17.9 Å². The van der Waals surface area contributed by atoms with Crippen LogP contribution in [0.15, 0.2) is 12.4 Å². The number of halogens is 3. The lowest BCUT2D eigenvalue weighted by molar-refractivity contribution is -0.135. The van der Waals surface area contributed by atoms with Crippen molar-refractivity contribution in [2.24, 2.45) is 0 Å². The summed E-state index contributed by atoms with van der Waals surface area (Å²) in [5.74, 6) is 0.610. The number of imidazole rings is 1. The molecule has 7 heteroatoms. The normalized spacial score (nSPS) is 11.8. The number of hydrogen-bond donors (Lipinski definition) is 1. The third-order valence-corrected chi connectivity index (χ3v) is 2.53. The Morgan fingerprint density at radius 3 is 2.84 bits per heavy atom. The molecule has 1 aromatic rings. The highest BCUT2D eigenvalue weighted by molar-refractivity contribution is 5.25. The molecule has 0 aliphatic rings. The van der Waals surface area contributed by atoms with Gasteiger partial charge in [0.05, 0.1) is 0 Å². The molecule has 1 rings (SSSR count). The minimum absolute atomic E-state index is 0.0630. The molecule has 0 spiro atoms. The summed E-state index contributed by atoms with van der Waals surface area (Å²) in [7, 11) is 0. The quantitative estimate of drug-likeness (QED) is 0.706. The molecule has 1 aromatic heterocycles. The van der Waals surface area contributed by atoms with Crippen molar-refractivity contribution in [3.05, 3.63) is 12.4 Å². The lowest BCUT2D eigenvalue weighted by atomic mass is 10.3. The monoisotopic (exact) mass is 279 g/mol. The Hall–Kier alpha value is -1.24. The average Bonchev–Trinajstić information content (AvgIpc) is 2.75. The first-order chi connectivity index (χ1) is 9.03. The predicted octanol–water partition coefficient (Wildman–Crippen LogP) is 3.06. The van der Waals surface area contributed by atoms with Gasteiger partial charge in [-0.2, -0.15) is 13.2 Å². The second kappa shape index (κ2) is 8.04. The van der Waals surface area contributed by atoms with Gasteiger partial charge in [-0.05, 0) is 19.8 Å². The molecule has 0 saturated carbocycles. The smallest absolute Gasteiger partial charge is 0.382 e.